The van der Waals surface area contributed by atoms with Crippen LogP contribution in [0, 0.1) is 19.7 Å². The Morgan fingerprint density at radius 1 is 1.14 bits per heavy atom. The second-order valence-corrected chi connectivity index (χ2v) is 5.62. The molecule has 0 fully saturated rings. The Kier molecular flexibility index (Phi) is 4.63. The molecule has 0 heterocycles. The Hall–Kier alpha value is -1.87. The number of hydrogen-bond donors (Lipinski definition) is 1. The van der Waals surface area contributed by atoms with Crippen molar-refractivity contribution < 1.29 is 9.50 Å². The Bertz CT molecular complexity index is 637. The molecule has 0 saturated carbocycles. The van der Waals surface area contributed by atoms with Gasteiger partial charge in [0.15, 0.2) is 0 Å². The van der Waals surface area contributed by atoms with E-state index in [1.54, 1.807) is 19.9 Å². The van der Waals surface area contributed by atoms with Crippen LogP contribution in [-0.2, 0) is 6.54 Å². The Labute approximate surface area is 125 Å². The maximum Gasteiger partial charge on any atom is 0.126 e. The van der Waals surface area contributed by atoms with E-state index in [1.165, 1.54) is 17.2 Å². The summed E-state index contributed by atoms with van der Waals surface area (Å²) in [7, 11) is 1.96. The lowest BCUT2D eigenvalue weighted by Crippen LogP contribution is -2.19. The Morgan fingerprint density at radius 3 is 2.43 bits per heavy atom. The van der Waals surface area contributed by atoms with E-state index in [0.717, 1.165) is 12.2 Å². The van der Waals surface area contributed by atoms with E-state index < -0.39 is 6.10 Å². The van der Waals surface area contributed by atoms with Gasteiger partial charge in [0.2, 0.25) is 0 Å². The summed E-state index contributed by atoms with van der Waals surface area (Å²) in [4.78, 5) is 2.05. The van der Waals surface area contributed by atoms with Crippen molar-refractivity contribution in [2.75, 3.05) is 11.9 Å². The molecular weight excluding hydrogens is 265 g/mol. The van der Waals surface area contributed by atoms with Crippen LogP contribution in [0.15, 0.2) is 36.4 Å². The number of aryl methyl sites for hydroxylation is 2. The monoisotopic (exact) mass is 287 g/mol. The van der Waals surface area contributed by atoms with Crippen molar-refractivity contribution in [2.45, 2.75) is 33.4 Å². The maximum absolute atomic E-state index is 13.7. The molecule has 0 spiro atoms. The van der Waals surface area contributed by atoms with E-state index in [2.05, 4.69) is 24.0 Å². The first kappa shape index (κ1) is 15.5. The van der Waals surface area contributed by atoms with Gasteiger partial charge in [-0.3, -0.25) is 0 Å². The van der Waals surface area contributed by atoms with Crippen molar-refractivity contribution in [1.82, 2.24) is 0 Å². The fraction of sp³-hybridized carbons (Fsp3) is 0.333. The van der Waals surface area contributed by atoms with Crippen LogP contribution in [0.5, 0.6) is 0 Å². The molecule has 2 nitrogen and oxygen atoms in total. The lowest BCUT2D eigenvalue weighted by Gasteiger charge is -2.25. The highest BCUT2D eigenvalue weighted by molar-refractivity contribution is 5.56. The van der Waals surface area contributed by atoms with E-state index in [1.807, 2.05) is 19.2 Å². The molecule has 1 unspecified atom stereocenters. The standard InChI is InChI=1S/C18H22FNO/c1-12-7-5-6-8-15(12)11-20(4)18-9-13(2)17(19)10-16(18)14(3)21/h5-10,14,21H,11H2,1-4H3. The molecular formula is C18H22FNO. The second kappa shape index (κ2) is 6.27. The highest BCUT2D eigenvalue weighted by Crippen LogP contribution is 2.29. The van der Waals surface area contributed by atoms with Crippen molar-refractivity contribution in [1.29, 1.82) is 0 Å². The van der Waals surface area contributed by atoms with E-state index >= 15 is 0 Å². The molecule has 112 valence electrons. The Morgan fingerprint density at radius 2 is 1.81 bits per heavy atom. The molecule has 1 N–H and O–H groups in total. The topological polar surface area (TPSA) is 23.5 Å². The van der Waals surface area contributed by atoms with Gasteiger partial charge < -0.3 is 10.0 Å². The van der Waals surface area contributed by atoms with E-state index in [0.29, 0.717) is 11.1 Å². The maximum atomic E-state index is 13.7. The largest absolute Gasteiger partial charge is 0.389 e. The fourth-order valence-corrected chi connectivity index (χ4v) is 2.48. The highest BCUT2D eigenvalue weighted by atomic mass is 19.1. The average Bonchev–Trinajstić information content (AvgIpc) is 2.43. The number of aliphatic hydroxyl groups is 1. The number of rotatable bonds is 4. The van der Waals surface area contributed by atoms with Crippen LogP contribution in [0.2, 0.25) is 0 Å². The summed E-state index contributed by atoms with van der Waals surface area (Å²) < 4.78 is 13.7. The van der Waals surface area contributed by atoms with Crippen LogP contribution >= 0.6 is 0 Å². The highest BCUT2D eigenvalue weighted by Gasteiger charge is 2.15. The van der Waals surface area contributed by atoms with E-state index in [9.17, 15) is 9.50 Å². The summed E-state index contributed by atoms with van der Waals surface area (Å²) in [5.41, 5.74) is 4.52. The van der Waals surface area contributed by atoms with Crippen molar-refractivity contribution >= 4 is 5.69 Å². The van der Waals surface area contributed by atoms with Gasteiger partial charge in [-0.2, -0.15) is 0 Å². The SMILES string of the molecule is Cc1cc(N(C)Cc2ccccc2C)c(C(C)O)cc1F. The predicted octanol–water partition coefficient (Wildman–Crippen LogP) is 4.13. The van der Waals surface area contributed by atoms with Gasteiger partial charge in [-0.15, -0.1) is 0 Å². The molecule has 21 heavy (non-hydrogen) atoms. The predicted molar refractivity (Wildman–Crippen MR) is 85.1 cm³/mol. The number of benzene rings is 2. The third-order valence-electron chi connectivity index (χ3n) is 3.84. The Balaban J connectivity index is 2.37. The zero-order valence-electron chi connectivity index (χ0n) is 13.0. The number of hydrogen-bond acceptors (Lipinski definition) is 2. The summed E-state index contributed by atoms with van der Waals surface area (Å²) in [6, 6.07) is 11.4. The van der Waals surface area contributed by atoms with Crippen molar-refractivity contribution in [2.24, 2.45) is 0 Å². The summed E-state index contributed by atoms with van der Waals surface area (Å²) in [6.07, 6.45) is -0.700. The number of nitrogens with zero attached hydrogens (tertiary/aromatic N) is 1. The van der Waals surface area contributed by atoms with Crippen LogP contribution in [0.3, 0.4) is 0 Å². The molecule has 0 bridgehead atoms. The van der Waals surface area contributed by atoms with Crippen molar-refractivity contribution in [3.8, 4) is 0 Å². The molecule has 3 heteroatoms. The molecule has 2 rings (SSSR count). The minimum Gasteiger partial charge on any atom is -0.389 e. The molecule has 2 aromatic carbocycles. The second-order valence-electron chi connectivity index (χ2n) is 5.62. The first-order chi connectivity index (χ1) is 9.90. The van der Waals surface area contributed by atoms with Gasteiger partial charge in [0.05, 0.1) is 6.10 Å². The van der Waals surface area contributed by atoms with Crippen molar-refractivity contribution in [3.05, 3.63) is 64.5 Å². The number of aliphatic hydroxyl groups excluding tert-OH is 1. The molecule has 0 saturated heterocycles. The van der Waals surface area contributed by atoms with E-state index in [4.69, 9.17) is 0 Å². The molecule has 1 atom stereocenters. The van der Waals surface area contributed by atoms with Gasteiger partial charge in [0, 0.05) is 24.8 Å². The first-order valence-corrected chi connectivity index (χ1v) is 7.14. The minimum absolute atomic E-state index is 0.279. The van der Waals surface area contributed by atoms with Crippen LogP contribution in [0.1, 0.15) is 35.3 Å². The summed E-state index contributed by atoms with van der Waals surface area (Å²) >= 11 is 0. The van der Waals surface area contributed by atoms with Gasteiger partial charge in [-0.25, -0.2) is 4.39 Å². The summed E-state index contributed by atoms with van der Waals surface area (Å²) in [5, 5.41) is 9.90. The quantitative estimate of drug-likeness (QED) is 0.914. The zero-order valence-corrected chi connectivity index (χ0v) is 13.0. The third kappa shape index (κ3) is 3.42. The molecule has 0 aliphatic rings. The van der Waals surface area contributed by atoms with Gasteiger partial charge in [0.1, 0.15) is 5.82 Å². The van der Waals surface area contributed by atoms with Crippen LogP contribution < -0.4 is 4.90 Å². The average molecular weight is 287 g/mol. The third-order valence-corrected chi connectivity index (χ3v) is 3.84. The van der Waals surface area contributed by atoms with Crippen LogP contribution in [0.25, 0.3) is 0 Å². The summed E-state index contributed by atoms with van der Waals surface area (Å²) in [6.45, 7) is 6.20. The van der Waals surface area contributed by atoms with E-state index in [-0.39, 0.29) is 5.82 Å². The lowest BCUT2D eigenvalue weighted by atomic mass is 10.0. The van der Waals surface area contributed by atoms with Crippen LogP contribution in [0.4, 0.5) is 10.1 Å². The number of anilines is 1. The van der Waals surface area contributed by atoms with Gasteiger partial charge in [0.25, 0.3) is 0 Å². The van der Waals surface area contributed by atoms with Gasteiger partial charge in [-0.05, 0) is 49.6 Å². The summed E-state index contributed by atoms with van der Waals surface area (Å²) in [5.74, 6) is -0.279. The molecule has 0 aliphatic heterocycles. The normalized spacial score (nSPS) is 12.3. The number of halogens is 1. The smallest absolute Gasteiger partial charge is 0.126 e. The van der Waals surface area contributed by atoms with Gasteiger partial charge >= 0.3 is 0 Å². The first-order valence-electron chi connectivity index (χ1n) is 7.14. The molecule has 0 amide bonds. The molecule has 2 aromatic rings. The van der Waals surface area contributed by atoms with Crippen molar-refractivity contribution in [3.63, 3.8) is 0 Å². The minimum atomic E-state index is -0.700. The van der Waals surface area contributed by atoms with Gasteiger partial charge in [-0.1, -0.05) is 24.3 Å². The molecule has 0 aromatic heterocycles. The fourth-order valence-electron chi connectivity index (χ4n) is 2.48. The zero-order chi connectivity index (χ0) is 15.6. The van der Waals surface area contributed by atoms with Crippen LogP contribution in [-0.4, -0.2) is 12.2 Å². The molecule has 0 aliphatic carbocycles. The molecule has 0 radical (unpaired) electrons. The lowest BCUT2D eigenvalue weighted by molar-refractivity contribution is 0.199.